The number of phenols is 1. The predicted molar refractivity (Wildman–Crippen MR) is 51.6 cm³/mol. The van der Waals surface area contributed by atoms with Crippen LogP contribution in [0.15, 0.2) is 12.1 Å². The smallest absolute Gasteiger partial charge is 0.224 e. The molecule has 0 atom stereocenters. The first-order valence-electron chi connectivity index (χ1n) is 4.41. The molecular formula is C10H11NO3. The minimum absolute atomic E-state index is 0.0121. The maximum Gasteiger partial charge on any atom is 0.224 e. The number of methoxy groups -OCH3 is 1. The van der Waals surface area contributed by atoms with Gasteiger partial charge in [-0.05, 0) is 18.1 Å². The lowest BCUT2D eigenvalue weighted by Crippen LogP contribution is -2.19. The molecule has 0 saturated heterocycles. The molecule has 0 saturated carbocycles. The second-order valence-electron chi connectivity index (χ2n) is 3.20. The molecule has 0 aromatic heterocycles. The van der Waals surface area contributed by atoms with Crippen LogP contribution in [0.25, 0.3) is 0 Å². The number of fused-ring (bicyclic) bond motifs is 1. The number of carbonyl (C=O) groups is 1. The summed E-state index contributed by atoms with van der Waals surface area (Å²) in [6, 6.07) is 3.55. The van der Waals surface area contributed by atoms with Gasteiger partial charge in [0.25, 0.3) is 0 Å². The summed E-state index contributed by atoms with van der Waals surface area (Å²) in [6.07, 6.45) is 1.14. The number of aryl methyl sites for hydroxylation is 1. The summed E-state index contributed by atoms with van der Waals surface area (Å²) in [6.45, 7) is 0. The number of benzene rings is 1. The maximum atomic E-state index is 11.1. The van der Waals surface area contributed by atoms with Crippen molar-refractivity contribution in [3.05, 3.63) is 17.7 Å². The number of amides is 1. The largest absolute Gasteiger partial charge is 0.503 e. The second-order valence-corrected chi connectivity index (χ2v) is 3.20. The Balaban J connectivity index is 2.50. The average molecular weight is 193 g/mol. The number of nitrogens with one attached hydrogen (secondary N) is 1. The first-order valence-corrected chi connectivity index (χ1v) is 4.41. The van der Waals surface area contributed by atoms with Gasteiger partial charge in [0.2, 0.25) is 5.91 Å². The van der Waals surface area contributed by atoms with Crippen LogP contribution >= 0.6 is 0 Å². The molecule has 1 aromatic rings. The van der Waals surface area contributed by atoms with Gasteiger partial charge in [0.1, 0.15) is 0 Å². The fourth-order valence-corrected chi connectivity index (χ4v) is 1.58. The molecule has 2 rings (SSSR count). The summed E-state index contributed by atoms with van der Waals surface area (Å²) in [5.74, 6) is 0.324. The van der Waals surface area contributed by atoms with Gasteiger partial charge in [-0.2, -0.15) is 0 Å². The van der Waals surface area contributed by atoms with Crippen LogP contribution in [0.5, 0.6) is 11.5 Å². The first-order chi connectivity index (χ1) is 6.72. The van der Waals surface area contributed by atoms with E-state index in [1.165, 1.54) is 7.11 Å². The lowest BCUT2D eigenvalue weighted by Gasteiger charge is -2.18. The Morgan fingerprint density at radius 2 is 2.21 bits per heavy atom. The van der Waals surface area contributed by atoms with Crippen LogP contribution in [-0.2, 0) is 11.2 Å². The van der Waals surface area contributed by atoms with Gasteiger partial charge in [0, 0.05) is 6.42 Å². The number of hydrogen-bond donors (Lipinski definition) is 2. The van der Waals surface area contributed by atoms with Crippen molar-refractivity contribution >= 4 is 11.6 Å². The molecule has 2 N–H and O–H groups in total. The Bertz CT molecular complexity index is 387. The number of ether oxygens (including phenoxy) is 1. The highest BCUT2D eigenvalue weighted by atomic mass is 16.5. The lowest BCUT2D eigenvalue weighted by molar-refractivity contribution is -0.116. The molecule has 0 fully saturated rings. The topological polar surface area (TPSA) is 58.6 Å². The molecule has 74 valence electrons. The van der Waals surface area contributed by atoms with Crippen molar-refractivity contribution in [2.75, 3.05) is 12.4 Å². The maximum absolute atomic E-state index is 11.1. The molecule has 0 spiro atoms. The average Bonchev–Trinajstić information content (AvgIpc) is 2.20. The van der Waals surface area contributed by atoms with Crippen molar-refractivity contribution in [3.8, 4) is 11.5 Å². The van der Waals surface area contributed by atoms with Crippen molar-refractivity contribution in [2.24, 2.45) is 0 Å². The molecule has 1 heterocycles. The van der Waals surface area contributed by atoms with Crippen LogP contribution in [0.3, 0.4) is 0 Å². The molecule has 1 aliphatic rings. The molecule has 1 aliphatic heterocycles. The summed E-state index contributed by atoms with van der Waals surface area (Å²) < 4.78 is 4.94. The fourth-order valence-electron chi connectivity index (χ4n) is 1.58. The van der Waals surface area contributed by atoms with Crippen LogP contribution in [0, 0.1) is 0 Å². The number of aromatic hydroxyl groups is 1. The zero-order chi connectivity index (χ0) is 10.1. The van der Waals surface area contributed by atoms with E-state index >= 15 is 0 Å². The van der Waals surface area contributed by atoms with Gasteiger partial charge in [-0.1, -0.05) is 6.07 Å². The summed E-state index contributed by atoms with van der Waals surface area (Å²) in [4.78, 5) is 11.1. The number of carbonyl (C=O) groups excluding carboxylic acids is 1. The highest BCUT2D eigenvalue weighted by Crippen LogP contribution is 2.38. The quantitative estimate of drug-likeness (QED) is 0.660. The van der Waals surface area contributed by atoms with Gasteiger partial charge in [-0.15, -0.1) is 0 Å². The summed E-state index contributed by atoms with van der Waals surface area (Å²) in [7, 11) is 1.48. The third-order valence-electron chi connectivity index (χ3n) is 2.33. The molecule has 0 unspecified atom stereocenters. The van der Waals surface area contributed by atoms with E-state index in [-0.39, 0.29) is 11.7 Å². The van der Waals surface area contributed by atoms with Crippen LogP contribution < -0.4 is 10.1 Å². The fraction of sp³-hybridized carbons (Fsp3) is 0.300. The predicted octanol–water partition coefficient (Wildman–Crippen LogP) is 1.29. The zero-order valence-corrected chi connectivity index (χ0v) is 7.83. The minimum atomic E-state index is -0.0685. The third kappa shape index (κ3) is 1.28. The van der Waals surface area contributed by atoms with E-state index in [0.29, 0.717) is 24.3 Å². The monoisotopic (exact) mass is 193 g/mol. The summed E-state index contributed by atoms with van der Waals surface area (Å²) in [5.41, 5.74) is 1.43. The lowest BCUT2D eigenvalue weighted by atomic mass is 10.0. The SMILES string of the molecule is COc1ccc2c(c1O)NC(=O)CC2. The van der Waals surface area contributed by atoms with Gasteiger partial charge in [0.15, 0.2) is 11.5 Å². The van der Waals surface area contributed by atoms with Crippen molar-refractivity contribution in [1.82, 2.24) is 0 Å². The van der Waals surface area contributed by atoms with Crippen molar-refractivity contribution < 1.29 is 14.6 Å². The van der Waals surface area contributed by atoms with Gasteiger partial charge in [-0.25, -0.2) is 0 Å². The standard InChI is InChI=1S/C10H11NO3/c1-14-7-4-2-6-3-5-8(12)11-9(6)10(7)13/h2,4,13H,3,5H2,1H3,(H,11,12). The minimum Gasteiger partial charge on any atom is -0.503 e. The van der Waals surface area contributed by atoms with Crippen molar-refractivity contribution in [2.45, 2.75) is 12.8 Å². The van der Waals surface area contributed by atoms with Gasteiger partial charge in [-0.3, -0.25) is 4.79 Å². The molecule has 0 aliphatic carbocycles. The van der Waals surface area contributed by atoms with E-state index in [2.05, 4.69) is 5.32 Å². The van der Waals surface area contributed by atoms with E-state index in [0.717, 1.165) is 5.56 Å². The van der Waals surface area contributed by atoms with Gasteiger partial charge >= 0.3 is 0 Å². The van der Waals surface area contributed by atoms with E-state index in [4.69, 9.17) is 4.74 Å². The van der Waals surface area contributed by atoms with Crippen LogP contribution in [0.1, 0.15) is 12.0 Å². The Labute approximate surface area is 81.5 Å². The van der Waals surface area contributed by atoms with E-state index in [1.807, 2.05) is 6.07 Å². The molecule has 4 nitrogen and oxygen atoms in total. The van der Waals surface area contributed by atoms with Crippen LogP contribution in [-0.4, -0.2) is 18.1 Å². The zero-order valence-electron chi connectivity index (χ0n) is 7.83. The molecule has 14 heavy (non-hydrogen) atoms. The number of phenolic OH excluding ortho intramolecular Hbond substituents is 1. The highest BCUT2D eigenvalue weighted by Gasteiger charge is 2.20. The molecular weight excluding hydrogens is 182 g/mol. The van der Waals surface area contributed by atoms with Gasteiger partial charge < -0.3 is 15.2 Å². The molecule has 4 heteroatoms. The normalized spacial score (nSPS) is 14.5. The number of hydrogen-bond acceptors (Lipinski definition) is 3. The molecule has 0 radical (unpaired) electrons. The molecule has 1 aromatic carbocycles. The van der Waals surface area contributed by atoms with E-state index in [1.54, 1.807) is 6.07 Å². The summed E-state index contributed by atoms with van der Waals surface area (Å²) in [5, 5.41) is 12.3. The number of anilines is 1. The third-order valence-corrected chi connectivity index (χ3v) is 2.33. The highest BCUT2D eigenvalue weighted by molar-refractivity contribution is 5.96. The van der Waals surface area contributed by atoms with Crippen LogP contribution in [0.2, 0.25) is 0 Å². The Kier molecular flexibility index (Phi) is 2.04. The van der Waals surface area contributed by atoms with E-state index in [9.17, 15) is 9.90 Å². The van der Waals surface area contributed by atoms with Crippen LogP contribution in [0.4, 0.5) is 5.69 Å². The van der Waals surface area contributed by atoms with Crippen molar-refractivity contribution in [3.63, 3.8) is 0 Å². The first kappa shape index (κ1) is 8.87. The Morgan fingerprint density at radius 1 is 1.43 bits per heavy atom. The molecule has 0 bridgehead atoms. The molecule has 1 amide bonds. The Hall–Kier alpha value is -1.71. The second kappa shape index (κ2) is 3.21. The summed E-state index contributed by atoms with van der Waals surface area (Å²) >= 11 is 0. The van der Waals surface area contributed by atoms with E-state index < -0.39 is 0 Å². The Morgan fingerprint density at radius 3 is 2.93 bits per heavy atom. The van der Waals surface area contributed by atoms with Crippen molar-refractivity contribution in [1.29, 1.82) is 0 Å². The van der Waals surface area contributed by atoms with Gasteiger partial charge in [0.05, 0.1) is 12.8 Å². The number of rotatable bonds is 1.